The second kappa shape index (κ2) is 2.71. The molecule has 0 radical (unpaired) electrons. The molecule has 2 aliphatic rings. The normalized spacial score (nSPS) is 40.8. The van der Waals surface area contributed by atoms with E-state index in [9.17, 15) is 4.79 Å². The van der Waals surface area contributed by atoms with Gasteiger partial charge in [0.15, 0.2) is 0 Å². The first-order valence-electron chi connectivity index (χ1n) is 4.18. The second-order valence-electron chi connectivity index (χ2n) is 3.41. The maximum Gasteiger partial charge on any atom is 0.314 e. The average molecular weight is 172 g/mol. The van der Waals surface area contributed by atoms with Crippen molar-refractivity contribution in [2.45, 2.75) is 18.9 Å². The summed E-state index contributed by atoms with van der Waals surface area (Å²) < 4.78 is 10.5. The van der Waals surface area contributed by atoms with Crippen LogP contribution < -0.4 is 0 Å². The molecule has 0 aromatic rings. The lowest BCUT2D eigenvalue weighted by atomic mass is 9.79. The van der Waals surface area contributed by atoms with Gasteiger partial charge in [-0.15, -0.1) is 0 Å². The Labute approximate surface area is 70.5 Å². The summed E-state index contributed by atoms with van der Waals surface area (Å²) in [6, 6.07) is 0. The van der Waals surface area contributed by atoms with E-state index in [0.29, 0.717) is 32.7 Å². The summed E-state index contributed by atoms with van der Waals surface area (Å²) in [5, 5.41) is 9.04. The molecule has 4 nitrogen and oxygen atoms in total. The number of aliphatic carboxylic acids is 1. The molecule has 2 rings (SSSR count). The van der Waals surface area contributed by atoms with Crippen LogP contribution in [0.1, 0.15) is 12.8 Å². The van der Waals surface area contributed by atoms with Gasteiger partial charge >= 0.3 is 5.97 Å². The number of carbonyl (C=O) groups is 1. The fourth-order valence-corrected chi connectivity index (χ4v) is 1.98. The molecule has 0 unspecified atom stereocenters. The molecule has 0 aromatic carbocycles. The van der Waals surface area contributed by atoms with Crippen LogP contribution in [0.2, 0.25) is 0 Å². The zero-order chi connectivity index (χ0) is 8.60. The second-order valence-corrected chi connectivity index (χ2v) is 3.41. The van der Waals surface area contributed by atoms with Crippen molar-refractivity contribution in [3.8, 4) is 0 Å². The number of hydrogen-bond donors (Lipinski definition) is 1. The van der Waals surface area contributed by atoms with Crippen molar-refractivity contribution in [3.05, 3.63) is 0 Å². The number of hydrogen-bond acceptors (Lipinski definition) is 3. The molecule has 2 atom stereocenters. The number of carboxylic acid groups (broad SMARTS) is 1. The molecule has 2 saturated heterocycles. The maximum absolute atomic E-state index is 11.0. The Balaban J connectivity index is 2.23. The van der Waals surface area contributed by atoms with E-state index in [1.807, 2.05) is 0 Å². The zero-order valence-electron chi connectivity index (χ0n) is 6.78. The van der Waals surface area contributed by atoms with Gasteiger partial charge in [0.2, 0.25) is 0 Å². The van der Waals surface area contributed by atoms with Gasteiger partial charge in [0.1, 0.15) is 5.41 Å². The van der Waals surface area contributed by atoms with Crippen molar-refractivity contribution in [1.29, 1.82) is 0 Å². The van der Waals surface area contributed by atoms with Crippen molar-refractivity contribution in [3.63, 3.8) is 0 Å². The number of fused-ring (bicyclic) bond motifs is 1. The molecule has 2 fully saturated rings. The summed E-state index contributed by atoms with van der Waals surface area (Å²) in [6.45, 7) is 1.49. The Morgan fingerprint density at radius 3 is 3.00 bits per heavy atom. The molecule has 0 bridgehead atoms. The molecule has 1 N–H and O–H groups in total. The third kappa shape index (κ3) is 0.949. The van der Waals surface area contributed by atoms with Crippen LogP contribution in [0.4, 0.5) is 0 Å². The highest BCUT2D eigenvalue weighted by Gasteiger charge is 2.52. The summed E-state index contributed by atoms with van der Waals surface area (Å²) in [6.07, 6.45) is 1.18. The minimum atomic E-state index is -0.773. The van der Waals surface area contributed by atoms with Crippen molar-refractivity contribution < 1.29 is 19.4 Å². The highest BCUT2D eigenvalue weighted by atomic mass is 16.5. The first-order chi connectivity index (χ1) is 5.76. The smallest absolute Gasteiger partial charge is 0.314 e. The van der Waals surface area contributed by atoms with Crippen LogP contribution >= 0.6 is 0 Å². The average Bonchev–Trinajstić information content (AvgIpc) is 2.48. The molecule has 0 amide bonds. The molecular formula is C8H12O4. The number of rotatable bonds is 1. The van der Waals surface area contributed by atoms with Gasteiger partial charge in [0.05, 0.1) is 12.7 Å². The van der Waals surface area contributed by atoms with Crippen LogP contribution in [0.5, 0.6) is 0 Å². The highest BCUT2D eigenvalue weighted by molar-refractivity contribution is 5.76. The highest BCUT2D eigenvalue weighted by Crippen LogP contribution is 2.39. The predicted octanol–water partition coefficient (Wildman–Crippen LogP) is 0.267. The van der Waals surface area contributed by atoms with Crippen molar-refractivity contribution >= 4 is 5.97 Å². The van der Waals surface area contributed by atoms with Gasteiger partial charge in [-0.25, -0.2) is 0 Å². The van der Waals surface area contributed by atoms with Gasteiger partial charge in [0.25, 0.3) is 0 Å². The summed E-state index contributed by atoms with van der Waals surface area (Å²) in [7, 11) is 0. The van der Waals surface area contributed by atoms with E-state index in [0.717, 1.165) is 0 Å². The van der Waals surface area contributed by atoms with Crippen LogP contribution in [-0.4, -0.2) is 37.0 Å². The standard InChI is InChI=1S/C8H12O4/c9-7(10)8-2-4-12-6(8)1-3-11-5-8/h6H,1-5H2,(H,9,10)/t6-,8+/m0/s1. The Hall–Kier alpha value is -0.610. The van der Waals surface area contributed by atoms with Gasteiger partial charge in [0, 0.05) is 13.2 Å². The minimum Gasteiger partial charge on any atom is -0.481 e. The maximum atomic E-state index is 11.0. The quantitative estimate of drug-likeness (QED) is 0.616. The fourth-order valence-electron chi connectivity index (χ4n) is 1.98. The van der Waals surface area contributed by atoms with Gasteiger partial charge in [-0.05, 0) is 12.8 Å². The van der Waals surface area contributed by atoms with E-state index >= 15 is 0 Å². The Kier molecular flexibility index (Phi) is 1.81. The molecule has 12 heavy (non-hydrogen) atoms. The monoisotopic (exact) mass is 172 g/mol. The molecule has 0 saturated carbocycles. The Bertz CT molecular complexity index is 203. The summed E-state index contributed by atoms with van der Waals surface area (Å²) in [5.74, 6) is -0.773. The zero-order valence-corrected chi connectivity index (χ0v) is 6.78. The minimum absolute atomic E-state index is 0.122. The van der Waals surface area contributed by atoms with Gasteiger partial charge in [-0.1, -0.05) is 0 Å². The molecule has 2 aliphatic heterocycles. The van der Waals surface area contributed by atoms with Crippen LogP contribution in [0.3, 0.4) is 0 Å². The van der Waals surface area contributed by atoms with E-state index in [2.05, 4.69) is 0 Å². The molecule has 0 aliphatic carbocycles. The van der Waals surface area contributed by atoms with Crippen molar-refractivity contribution in [1.82, 2.24) is 0 Å². The summed E-state index contributed by atoms with van der Waals surface area (Å²) in [4.78, 5) is 11.0. The van der Waals surface area contributed by atoms with Crippen molar-refractivity contribution in [2.75, 3.05) is 19.8 Å². The fraction of sp³-hybridized carbons (Fsp3) is 0.875. The molecule has 2 heterocycles. The van der Waals surface area contributed by atoms with Gasteiger partial charge in [-0.3, -0.25) is 4.79 Å². The SMILES string of the molecule is O=C(O)[C@@]12CCO[C@H]1CCOC2. The van der Waals surface area contributed by atoms with Crippen LogP contribution in [0, 0.1) is 5.41 Å². The van der Waals surface area contributed by atoms with E-state index in [-0.39, 0.29) is 6.10 Å². The Morgan fingerprint density at radius 1 is 1.50 bits per heavy atom. The van der Waals surface area contributed by atoms with Gasteiger partial charge < -0.3 is 14.6 Å². The van der Waals surface area contributed by atoms with Crippen LogP contribution in [0.25, 0.3) is 0 Å². The topological polar surface area (TPSA) is 55.8 Å². The third-order valence-electron chi connectivity index (χ3n) is 2.79. The summed E-state index contributed by atoms with van der Waals surface area (Å²) >= 11 is 0. The van der Waals surface area contributed by atoms with Crippen LogP contribution in [-0.2, 0) is 14.3 Å². The molecule has 0 aromatic heterocycles. The lowest BCUT2D eigenvalue weighted by molar-refractivity contribution is -0.164. The first kappa shape index (κ1) is 8.01. The predicted molar refractivity (Wildman–Crippen MR) is 39.9 cm³/mol. The summed E-state index contributed by atoms with van der Waals surface area (Å²) in [5.41, 5.74) is -0.738. The van der Waals surface area contributed by atoms with E-state index in [1.54, 1.807) is 0 Å². The molecule has 4 heteroatoms. The van der Waals surface area contributed by atoms with E-state index in [1.165, 1.54) is 0 Å². The lowest BCUT2D eigenvalue weighted by Gasteiger charge is -2.33. The molecule has 68 valence electrons. The van der Waals surface area contributed by atoms with Crippen molar-refractivity contribution in [2.24, 2.45) is 5.41 Å². The van der Waals surface area contributed by atoms with Gasteiger partial charge in [-0.2, -0.15) is 0 Å². The largest absolute Gasteiger partial charge is 0.481 e. The third-order valence-corrected chi connectivity index (χ3v) is 2.79. The van der Waals surface area contributed by atoms with E-state index < -0.39 is 11.4 Å². The first-order valence-corrected chi connectivity index (χ1v) is 4.18. The molecule has 0 spiro atoms. The molecular weight excluding hydrogens is 160 g/mol. The number of carboxylic acids is 1. The number of ether oxygens (including phenoxy) is 2. The van der Waals surface area contributed by atoms with E-state index in [4.69, 9.17) is 14.6 Å². The Morgan fingerprint density at radius 2 is 2.33 bits per heavy atom. The van der Waals surface area contributed by atoms with Crippen LogP contribution in [0.15, 0.2) is 0 Å². The lowest BCUT2D eigenvalue weighted by Crippen LogP contribution is -2.46.